The molecule has 12 heteroatoms. The van der Waals surface area contributed by atoms with Crippen molar-refractivity contribution in [2.45, 2.75) is 150 Å². The van der Waals surface area contributed by atoms with Crippen molar-refractivity contribution in [3.05, 3.63) is 24.8 Å². The second-order valence-corrected chi connectivity index (χ2v) is 22.5. The van der Waals surface area contributed by atoms with Crippen molar-refractivity contribution in [2.75, 3.05) is 33.9 Å². The van der Waals surface area contributed by atoms with E-state index in [0.29, 0.717) is 25.1 Å². The fraction of sp³-hybridized carbons (Fsp3) is 0.840. The summed E-state index contributed by atoms with van der Waals surface area (Å²) in [5.41, 5.74) is -3.34. The van der Waals surface area contributed by atoms with E-state index in [1.165, 1.54) is 12.2 Å². The van der Waals surface area contributed by atoms with Crippen LogP contribution in [0.4, 0.5) is 13.6 Å². The van der Waals surface area contributed by atoms with Crippen LogP contribution < -0.4 is 5.32 Å². The number of rotatable bonds is 6. The lowest BCUT2D eigenvalue weighted by Crippen LogP contribution is -2.63. The number of carbonyl (C=O) groups excluding carboxylic acids is 4. The van der Waals surface area contributed by atoms with Gasteiger partial charge in [-0.15, -0.1) is 0 Å². The number of imide groups is 1. The number of fused-ring (bicyclic) bond motifs is 2. The topological polar surface area (TPSA) is 131 Å². The number of ketones is 2. The zero-order valence-corrected chi connectivity index (χ0v) is 39.1. The van der Waals surface area contributed by atoms with Gasteiger partial charge in [-0.2, -0.15) is 0 Å². The van der Waals surface area contributed by atoms with Crippen LogP contribution in [0.15, 0.2) is 24.8 Å². The van der Waals surface area contributed by atoms with Gasteiger partial charge in [0.2, 0.25) is 5.91 Å². The number of Topliss-reactive ketones (excluding diaryl/α,β-unsaturated/α-hetero) is 2. The predicted molar refractivity (Wildman–Crippen MR) is 232 cm³/mol. The van der Waals surface area contributed by atoms with Crippen LogP contribution in [0.1, 0.15) is 126 Å². The maximum Gasteiger partial charge on any atom is 0.414 e. The van der Waals surface area contributed by atoms with Gasteiger partial charge >= 0.3 is 6.09 Å². The number of aliphatic hydroxyl groups excluding tert-OH is 1. The summed E-state index contributed by atoms with van der Waals surface area (Å²) in [7, 11) is 3.47. The number of nitrogens with zero attached hydrogens (tertiary/aromatic N) is 1. The van der Waals surface area contributed by atoms with Gasteiger partial charge in [0.25, 0.3) is 0 Å². The van der Waals surface area contributed by atoms with Gasteiger partial charge < -0.3 is 24.2 Å². The molecule has 0 aromatic heterocycles. The molecule has 2 saturated heterocycles. The number of methoxy groups -OCH3 is 2. The summed E-state index contributed by atoms with van der Waals surface area (Å²) in [5.74, 6) is 0.135. The quantitative estimate of drug-likeness (QED) is 0.269. The van der Waals surface area contributed by atoms with E-state index >= 15 is 0 Å². The van der Waals surface area contributed by atoms with Crippen LogP contribution in [0, 0.1) is 79.8 Å². The molecule has 6 bridgehead atoms. The zero-order chi connectivity index (χ0) is 45.4. The number of piperidine rings is 1. The molecule has 6 saturated carbocycles. The van der Waals surface area contributed by atoms with Crippen LogP contribution in [0.5, 0.6) is 0 Å². The number of aliphatic hydroxyl groups is 1. The van der Waals surface area contributed by atoms with Crippen LogP contribution in [0.25, 0.3) is 0 Å². The van der Waals surface area contributed by atoms with Crippen molar-refractivity contribution >= 4 is 23.6 Å². The van der Waals surface area contributed by atoms with E-state index in [9.17, 15) is 33.1 Å². The first-order valence-corrected chi connectivity index (χ1v) is 23.8. The van der Waals surface area contributed by atoms with Gasteiger partial charge in [0.1, 0.15) is 17.7 Å². The molecule has 0 radical (unpaired) electrons. The Morgan fingerprint density at radius 2 is 1.21 bits per heavy atom. The normalized spacial score (nSPS) is 50.8. The van der Waals surface area contributed by atoms with Crippen molar-refractivity contribution in [3.63, 3.8) is 0 Å². The van der Waals surface area contributed by atoms with Crippen LogP contribution in [-0.2, 0) is 28.6 Å². The molecule has 0 aromatic rings. The third kappa shape index (κ3) is 7.11. The van der Waals surface area contributed by atoms with E-state index in [0.717, 1.165) is 70.9 Å². The summed E-state index contributed by atoms with van der Waals surface area (Å²) in [6.45, 7) is 18.9. The molecule has 5 unspecified atom stereocenters. The number of hydrogen-bond acceptors (Lipinski definition) is 9. The first kappa shape index (κ1) is 47.4. The molecule has 0 aromatic carbocycles. The smallest absolute Gasteiger partial charge is 0.414 e. The number of nitrogens with one attached hydrogen (secondary N) is 1. The number of ether oxygens (including phenoxy) is 3. The molecule has 8 aliphatic rings. The van der Waals surface area contributed by atoms with E-state index in [2.05, 4.69) is 37.9 Å². The molecule has 2 aliphatic heterocycles. The first-order valence-electron chi connectivity index (χ1n) is 23.8. The summed E-state index contributed by atoms with van der Waals surface area (Å²) in [4.78, 5) is 55.9. The Balaban J connectivity index is 0.000000201. The Morgan fingerprint density at radius 3 is 1.68 bits per heavy atom. The van der Waals surface area contributed by atoms with Crippen LogP contribution in [0.2, 0.25) is 0 Å². The van der Waals surface area contributed by atoms with Gasteiger partial charge in [-0.25, -0.2) is 13.6 Å². The van der Waals surface area contributed by atoms with Crippen molar-refractivity contribution in [1.82, 2.24) is 10.2 Å². The molecule has 2 amide bonds. The highest BCUT2D eigenvalue weighted by atomic mass is 19.1. The van der Waals surface area contributed by atoms with Gasteiger partial charge in [0.05, 0.1) is 42.3 Å². The summed E-state index contributed by atoms with van der Waals surface area (Å²) >= 11 is 0. The molecule has 8 fully saturated rings. The molecule has 348 valence electrons. The highest BCUT2D eigenvalue weighted by Gasteiger charge is 2.70. The largest absolute Gasteiger partial charge is 0.445 e. The van der Waals surface area contributed by atoms with Crippen LogP contribution in [0.3, 0.4) is 0 Å². The minimum atomic E-state index is -1.12. The van der Waals surface area contributed by atoms with Gasteiger partial charge in [-0.1, -0.05) is 41.5 Å². The van der Waals surface area contributed by atoms with E-state index in [4.69, 9.17) is 14.2 Å². The van der Waals surface area contributed by atoms with Crippen LogP contribution in [-0.4, -0.2) is 91.8 Å². The Hall–Kier alpha value is -2.54. The standard InChI is InChI=1S/C29H43FN2O5.C21H33FO3/c1-17-6-9-29-10-7-21(36-5)23(29)28(17,4)22(14-27(3,11-12-30)24(33)18(29)2)37-26(35)31-25(34)20-16-32-13-8-19(20)15-32;1-13-6-8-21-9-7-15(25-5)17(21)20(13,4)16(23)12-19(3,10-11-22)18(24)14(21)2/h11-12,17-23H,6-10,13-16H2,1-5H3,(H,31,34,35);10-11,13-17,23H,6-9,12H2,1-5H3/b12-11-;11-10-/t17-,18+,19-,20+,21-,22-,23?,27-,28+,29?;13-,14+,15-,16-,17?,19-,20+,21?/m11/s1. The SMILES string of the molecule is CO[C@@H]1CCC23CC[C@@H](C)[C@](C)(C12)[C@H](O)C[C@@](C)(/C=C\F)C(=O)[C@@H]3C.CO[C@@H]1CCC23CC[C@@H](C)[C@](C)(C12)[C@H](OC(=O)NC(=O)[C@H]1CN2CC[C@@H]1C2)C[C@@](C)(/C=C\F)C(=O)[C@@H]3C. The fourth-order valence-electron chi connectivity index (χ4n) is 16.1. The minimum absolute atomic E-state index is 0.0125. The lowest BCUT2D eigenvalue weighted by molar-refractivity contribution is -0.189. The maximum atomic E-state index is 14.0. The van der Waals surface area contributed by atoms with Crippen molar-refractivity contribution in [3.8, 4) is 0 Å². The van der Waals surface area contributed by atoms with E-state index < -0.39 is 34.5 Å². The van der Waals surface area contributed by atoms with Crippen LogP contribution >= 0.6 is 0 Å². The zero-order valence-electron chi connectivity index (χ0n) is 39.1. The molecular formula is C50H76F2N2O8. The maximum absolute atomic E-state index is 14.0. The van der Waals surface area contributed by atoms with E-state index in [-0.39, 0.29) is 100 Å². The minimum Gasteiger partial charge on any atom is -0.445 e. The summed E-state index contributed by atoms with van der Waals surface area (Å²) < 4.78 is 44.8. The van der Waals surface area contributed by atoms with Crippen molar-refractivity contribution < 1.29 is 47.3 Å². The number of amides is 2. The van der Waals surface area contributed by atoms with Crippen molar-refractivity contribution in [2.24, 2.45) is 79.8 Å². The number of carbonyl (C=O) groups is 4. The summed E-state index contributed by atoms with van der Waals surface area (Å²) in [5, 5.41) is 13.8. The monoisotopic (exact) mass is 871 g/mol. The molecule has 10 nitrogen and oxygen atoms in total. The highest BCUT2D eigenvalue weighted by Crippen LogP contribution is 2.70. The lowest BCUT2D eigenvalue weighted by Gasteiger charge is -2.61. The van der Waals surface area contributed by atoms with E-state index in [1.54, 1.807) is 28.1 Å². The average Bonchev–Trinajstić information content (AvgIpc) is 4.05. The fourth-order valence-corrected chi connectivity index (χ4v) is 16.1. The molecule has 8 rings (SSSR count). The van der Waals surface area contributed by atoms with Gasteiger partial charge in [-0.3, -0.25) is 19.7 Å². The molecule has 0 spiro atoms. The van der Waals surface area contributed by atoms with E-state index in [1.807, 2.05) is 13.8 Å². The second kappa shape index (κ2) is 17.0. The van der Waals surface area contributed by atoms with Gasteiger partial charge in [0, 0.05) is 67.7 Å². The number of hydrogen-bond donors (Lipinski definition) is 2. The summed E-state index contributed by atoms with van der Waals surface area (Å²) in [6.07, 6.45) is 10.4. The highest BCUT2D eigenvalue weighted by molar-refractivity contribution is 5.94. The Labute approximate surface area is 369 Å². The lowest BCUT2D eigenvalue weighted by atomic mass is 9.44. The Morgan fingerprint density at radius 1 is 0.726 bits per heavy atom. The molecule has 62 heavy (non-hydrogen) atoms. The molecular weight excluding hydrogens is 795 g/mol. The molecule has 19 atom stereocenters. The number of halogens is 2. The third-order valence-corrected chi connectivity index (χ3v) is 20.2. The van der Waals surface area contributed by atoms with Gasteiger partial charge in [0.15, 0.2) is 0 Å². The Bertz CT molecular complexity index is 1810. The molecule has 2 heterocycles. The summed E-state index contributed by atoms with van der Waals surface area (Å²) in [6, 6.07) is 0. The molecule has 6 aliphatic carbocycles. The first-order chi connectivity index (χ1) is 29.2. The molecule has 2 N–H and O–H groups in total. The Kier molecular flexibility index (Phi) is 13.0. The van der Waals surface area contributed by atoms with Gasteiger partial charge in [-0.05, 0) is 131 Å². The predicted octanol–water partition coefficient (Wildman–Crippen LogP) is 8.80. The third-order valence-electron chi connectivity index (χ3n) is 20.2. The van der Waals surface area contributed by atoms with Crippen molar-refractivity contribution in [1.29, 1.82) is 0 Å². The average molecular weight is 871 g/mol. The second-order valence-electron chi connectivity index (χ2n) is 22.5. The number of alkyl carbamates (subject to hydrolysis) is 1. The number of allylic oxidation sites excluding steroid dienone is 2.